The molecule has 0 fully saturated rings. The van der Waals surface area contributed by atoms with Gasteiger partial charge >= 0.3 is 12.1 Å². The monoisotopic (exact) mass is 309 g/mol. The summed E-state index contributed by atoms with van der Waals surface area (Å²) in [7, 11) is 3.00. The first-order valence-corrected chi connectivity index (χ1v) is 7.05. The zero-order valence-corrected chi connectivity index (χ0v) is 12.8. The predicted molar refractivity (Wildman–Crippen MR) is 87.0 cm³/mol. The van der Waals surface area contributed by atoms with E-state index in [1.807, 2.05) is 30.3 Å². The van der Waals surface area contributed by atoms with E-state index in [9.17, 15) is 9.59 Å². The molecule has 0 saturated heterocycles. The van der Waals surface area contributed by atoms with Gasteiger partial charge in [-0.2, -0.15) is 0 Å². The van der Waals surface area contributed by atoms with Crippen LogP contribution in [-0.4, -0.2) is 26.2 Å². The Morgan fingerprint density at radius 2 is 1.96 bits per heavy atom. The third-order valence-electron chi connectivity index (χ3n) is 3.61. The molecule has 3 rings (SSSR count). The number of hydrogen-bond donors (Lipinski definition) is 0. The molecule has 1 heterocycles. The highest BCUT2D eigenvalue weighted by atomic mass is 16.6. The largest absolute Gasteiger partial charge is 0.465 e. The summed E-state index contributed by atoms with van der Waals surface area (Å²) in [6.07, 6.45) is 1.29. The lowest BCUT2D eigenvalue weighted by Gasteiger charge is -2.26. The lowest BCUT2D eigenvalue weighted by molar-refractivity contribution is 0.0600. The average Bonchev–Trinajstić information content (AvgIpc) is 2.59. The van der Waals surface area contributed by atoms with Crippen molar-refractivity contribution in [3.05, 3.63) is 65.2 Å². The Hall–Kier alpha value is -3.08. The minimum Gasteiger partial charge on any atom is -0.465 e. The Morgan fingerprint density at radius 1 is 1.17 bits per heavy atom. The van der Waals surface area contributed by atoms with Crippen LogP contribution in [0.4, 0.5) is 10.5 Å². The molecule has 5 heteroatoms. The molecule has 23 heavy (non-hydrogen) atoms. The Balaban J connectivity index is 2.05. The SMILES string of the molecule is COC(=O)c1cccc(/C=C2\OC(=O)N(C)c3ccccc32)c1. The fraction of sp³-hybridized carbons (Fsp3) is 0.111. The molecule has 1 aliphatic rings. The number of rotatable bonds is 2. The summed E-state index contributed by atoms with van der Waals surface area (Å²) in [5.41, 5.74) is 2.78. The van der Waals surface area contributed by atoms with Gasteiger partial charge in [0.05, 0.1) is 18.4 Å². The van der Waals surface area contributed by atoms with Crippen LogP contribution >= 0.6 is 0 Å². The van der Waals surface area contributed by atoms with Gasteiger partial charge in [0.25, 0.3) is 0 Å². The van der Waals surface area contributed by atoms with E-state index in [0.717, 1.165) is 16.8 Å². The van der Waals surface area contributed by atoms with Gasteiger partial charge in [0, 0.05) is 12.6 Å². The topological polar surface area (TPSA) is 55.8 Å². The molecule has 5 nitrogen and oxygen atoms in total. The molecule has 2 aromatic rings. The molecule has 1 aliphatic heterocycles. The standard InChI is InChI=1S/C18H15NO4/c1-19-15-9-4-3-8-14(15)16(23-18(19)21)11-12-6-5-7-13(10-12)17(20)22-2/h3-11H,1-2H3/b16-11-. The minimum absolute atomic E-state index is 0.411. The highest BCUT2D eigenvalue weighted by molar-refractivity contribution is 6.01. The quantitative estimate of drug-likeness (QED) is 0.796. The number of carbonyl (C=O) groups is 2. The van der Waals surface area contributed by atoms with Gasteiger partial charge in [-0.1, -0.05) is 24.3 Å². The van der Waals surface area contributed by atoms with Crippen molar-refractivity contribution >= 4 is 29.6 Å². The Bertz CT molecular complexity index is 810. The van der Waals surface area contributed by atoms with Crippen LogP contribution in [0.3, 0.4) is 0 Å². The molecule has 0 saturated carbocycles. The molecule has 0 radical (unpaired) electrons. The van der Waals surface area contributed by atoms with Crippen LogP contribution in [0.1, 0.15) is 21.5 Å². The van der Waals surface area contributed by atoms with Gasteiger partial charge in [-0.3, -0.25) is 4.90 Å². The number of hydrogen-bond acceptors (Lipinski definition) is 4. The molecule has 0 spiro atoms. The van der Waals surface area contributed by atoms with E-state index in [-0.39, 0.29) is 0 Å². The molecule has 1 amide bonds. The van der Waals surface area contributed by atoms with E-state index >= 15 is 0 Å². The van der Waals surface area contributed by atoms with Crippen molar-refractivity contribution in [1.29, 1.82) is 0 Å². The first-order valence-electron chi connectivity index (χ1n) is 7.05. The fourth-order valence-corrected chi connectivity index (χ4v) is 2.42. The van der Waals surface area contributed by atoms with Crippen LogP contribution in [0.25, 0.3) is 11.8 Å². The maximum absolute atomic E-state index is 12.0. The highest BCUT2D eigenvalue weighted by Gasteiger charge is 2.26. The van der Waals surface area contributed by atoms with Crippen molar-refractivity contribution in [1.82, 2.24) is 0 Å². The van der Waals surface area contributed by atoms with Gasteiger partial charge in [0.1, 0.15) is 5.76 Å². The fourth-order valence-electron chi connectivity index (χ4n) is 2.42. The van der Waals surface area contributed by atoms with Crippen molar-refractivity contribution in [2.45, 2.75) is 0 Å². The number of fused-ring (bicyclic) bond motifs is 1. The van der Waals surface area contributed by atoms with Gasteiger partial charge in [0.15, 0.2) is 0 Å². The average molecular weight is 309 g/mol. The van der Waals surface area contributed by atoms with Crippen molar-refractivity contribution in [2.75, 3.05) is 19.1 Å². The minimum atomic E-state index is -0.445. The number of ether oxygens (including phenoxy) is 2. The van der Waals surface area contributed by atoms with Crippen molar-refractivity contribution < 1.29 is 19.1 Å². The Kier molecular flexibility index (Phi) is 3.85. The van der Waals surface area contributed by atoms with Crippen LogP contribution in [0, 0.1) is 0 Å². The molecule has 0 aromatic heterocycles. The number of anilines is 1. The molecule has 0 atom stereocenters. The smallest absolute Gasteiger partial charge is 0.419 e. The normalized spacial score (nSPS) is 15.1. The van der Waals surface area contributed by atoms with E-state index < -0.39 is 12.1 Å². The maximum atomic E-state index is 12.0. The number of benzene rings is 2. The van der Waals surface area contributed by atoms with Gasteiger partial charge in [-0.15, -0.1) is 0 Å². The first kappa shape index (κ1) is 14.8. The summed E-state index contributed by atoms with van der Waals surface area (Å²) in [5.74, 6) is 0.0386. The third-order valence-corrected chi connectivity index (χ3v) is 3.61. The van der Waals surface area contributed by atoms with Crippen LogP contribution < -0.4 is 4.90 Å². The lowest BCUT2D eigenvalue weighted by Crippen LogP contribution is -2.31. The van der Waals surface area contributed by atoms with Crippen molar-refractivity contribution in [3.8, 4) is 0 Å². The van der Waals surface area contributed by atoms with Crippen LogP contribution in [0.15, 0.2) is 48.5 Å². The van der Waals surface area contributed by atoms with E-state index in [2.05, 4.69) is 0 Å². The van der Waals surface area contributed by atoms with Crippen LogP contribution in [0.5, 0.6) is 0 Å². The number of methoxy groups -OCH3 is 1. The molecule has 0 N–H and O–H groups in total. The number of carbonyl (C=O) groups excluding carboxylic acids is 2. The predicted octanol–water partition coefficient (Wildman–Crippen LogP) is 3.56. The number of amides is 1. The molecule has 0 unspecified atom stereocenters. The molecule has 116 valence electrons. The molecular weight excluding hydrogens is 294 g/mol. The van der Waals surface area contributed by atoms with Crippen LogP contribution in [-0.2, 0) is 9.47 Å². The van der Waals surface area contributed by atoms with Gasteiger partial charge in [-0.25, -0.2) is 9.59 Å². The summed E-state index contributed by atoms with van der Waals surface area (Å²) in [5, 5.41) is 0. The van der Waals surface area contributed by atoms with E-state index in [0.29, 0.717) is 11.3 Å². The third kappa shape index (κ3) is 2.81. The molecular formula is C18H15NO4. The summed E-state index contributed by atoms with van der Waals surface area (Å²) in [4.78, 5) is 25.0. The number of cyclic esters (lactones) is 1. The zero-order valence-electron chi connectivity index (χ0n) is 12.8. The van der Waals surface area contributed by atoms with E-state index in [1.165, 1.54) is 12.0 Å². The maximum Gasteiger partial charge on any atom is 0.419 e. The number of esters is 1. The first-order chi connectivity index (χ1) is 11.1. The second-order valence-electron chi connectivity index (χ2n) is 5.07. The van der Waals surface area contributed by atoms with Crippen molar-refractivity contribution in [2.24, 2.45) is 0 Å². The summed E-state index contributed by atoms with van der Waals surface area (Å²) >= 11 is 0. The number of nitrogens with zero attached hydrogens (tertiary/aromatic N) is 1. The van der Waals surface area contributed by atoms with Gasteiger partial charge in [0.2, 0.25) is 0 Å². The summed E-state index contributed by atoms with van der Waals surface area (Å²) in [6.45, 7) is 0. The molecule has 0 bridgehead atoms. The zero-order chi connectivity index (χ0) is 16.4. The Morgan fingerprint density at radius 3 is 2.74 bits per heavy atom. The van der Waals surface area contributed by atoms with Gasteiger partial charge in [-0.05, 0) is 35.9 Å². The van der Waals surface area contributed by atoms with E-state index in [1.54, 1.807) is 31.3 Å². The summed E-state index contributed by atoms with van der Waals surface area (Å²) in [6, 6.07) is 14.4. The van der Waals surface area contributed by atoms with Gasteiger partial charge < -0.3 is 9.47 Å². The van der Waals surface area contributed by atoms with Crippen LogP contribution in [0.2, 0.25) is 0 Å². The molecule has 0 aliphatic carbocycles. The highest BCUT2D eigenvalue weighted by Crippen LogP contribution is 2.34. The second kappa shape index (κ2) is 5.96. The van der Waals surface area contributed by atoms with E-state index in [4.69, 9.17) is 9.47 Å². The molecule has 2 aromatic carbocycles. The second-order valence-corrected chi connectivity index (χ2v) is 5.07. The Labute approximate surface area is 133 Å². The van der Waals surface area contributed by atoms with Crippen molar-refractivity contribution in [3.63, 3.8) is 0 Å². The summed E-state index contributed by atoms with van der Waals surface area (Å²) < 4.78 is 10.1. The number of para-hydroxylation sites is 1. The lowest BCUT2D eigenvalue weighted by atomic mass is 10.0.